The maximum Gasteiger partial charge on any atom is 0.260 e. The second-order valence-electron chi connectivity index (χ2n) is 7.20. The van der Waals surface area contributed by atoms with E-state index in [2.05, 4.69) is 22.2 Å². The fourth-order valence-electron chi connectivity index (χ4n) is 3.29. The van der Waals surface area contributed by atoms with E-state index in [0.29, 0.717) is 15.4 Å². The maximum absolute atomic E-state index is 12.7. The van der Waals surface area contributed by atoms with Gasteiger partial charge < -0.3 is 10.3 Å². The average molecular weight is 450 g/mol. The van der Waals surface area contributed by atoms with E-state index in [9.17, 15) is 9.59 Å². The number of amides is 1. The summed E-state index contributed by atoms with van der Waals surface area (Å²) < 4.78 is 0. The van der Waals surface area contributed by atoms with Gasteiger partial charge in [-0.15, -0.1) is 11.3 Å². The van der Waals surface area contributed by atoms with E-state index in [4.69, 9.17) is 0 Å². The van der Waals surface area contributed by atoms with Crippen LogP contribution in [-0.2, 0) is 11.2 Å². The summed E-state index contributed by atoms with van der Waals surface area (Å²) in [5, 5.41) is 5.89. The Kier molecular flexibility index (Phi) is 6.84. The van der Waals surface area contributed by atoms with Crippen molar-refractivity contribution in [3.63, 3.8) is 0 Å². The molecule has 0 aliphatic rings. The summed E-state index contributed by atoms with van der Waals surface area (Å²) in [6, 6.07) is 17.7. The van der Waals surface area contributed by atoms with Gasteiger partial charge in [0.25, 0.3) is 5.56 Å². The largest absolute Gasteiger partial charge is 0.325 e. The number of rotatable bonds is 8. The molecule has 0 aliphatic heterocycles. The molecule has 2 aromatic heterocycles. The van der Waals surface area contributed by atoms with Crippen LogP contribution in [-0.4, -0.2) is 21.6 Å². The molecule has 31 heavy (non-hydrogen) atoms. The van der Waals surface area contributed by atoms with Crippen LogP contribution in [0.1, 0.15) is 25.3 Å². The zero-order chi connectivity index (χ0) is 21.6. The summed E-state index contributed by atoms with van der Waals surface area (Å²) >= 11 is 2.66. The summed E-state index contributed by atoms with van der Waals surface area (Å²) in [5.41, 5.74) is 3.73. The van der Waals surface area contributed by atoms with Crippen molar-refractivity contribution < 1.29 is 4.79 Å². The number of benzene rings is 2. The van der Waals surface area contributed by atoms with Crippen molar-refractivity contribution in [3.05, 3.63) is 75.9 Å². The number of aromatic amines is 1. The zero-order valence-corrected chi connectivity index (χ0v) is 18.8. The molecule has 0 radical (unpaired) electrons. The molecule has 0 bridgehead atoms. The first-order chi connectivity index (χ1) is 15.1. The van der Waals surface area contributed by atoms with Crippen LogP contribution in [0.2, 0.25) is 0 Å². The lowest BCUT2D eigenvalue weighted by molar-refractivity contribution is -0.113. The van der Waals surface area contributed by atoms with Crippen LogP contribution in [0.3, 0.4) is 0 Å². The standard InChI is InChI=1S/C24H23N3O2S2/c1-2-3-7-16-10-12-18(13-11-16)25-20(28)15-31-24-26-22(29)21-19(14-30-23(21)27-24)17-8-5-4-6-9-17/h4-6,8-14H,2-3,7,15H2,1H3,(H,25,28)(H,26,27,29). The molecule has 2 aromatic carbocycles. The van der Waals surface area contributed by atoms with Crippen molar-refractivity contribution in [2.24, 2.45) is 0 Å². The number of nitrogens with zero attached hydrogens (tertiary/aromatic N) is 1. The number of unbranched alkanes of at least 4 members (excludes halogenated alkanes) is 1. The minimum atomic E-state index is -0.185. The van der Waals surface area contributed by atoms with E-state index in [1.165, 1.54) is 28.7 Å². The summed E-state index contributed by atoms with van der Waals surface area (Å²) in [6.45, 7) is 2.17. The number of nitrogens with one attached hydrogen (secondary N) is 2. The number of anilines is 1. The van der Waals surface area contributed by atoms with Crippen LogP contribution < -0.4 is 10.9 Å². The van der Waals surface area contributed by atoms with E-state index in [1.807, 2.05) is 60.0 Å². The smallest absolute Gasteiger partial charge is 0.260 e. The quantitative estimate of drug-likeness (QED) is 0.266. The number of thioether (sulfide) groups is 1. The molecule has 4 rings (SSSR count). The predicted molar refractivity (Wildman–Crippen MR) is 130 cm³/mol. The SMILES string of the molecule is CCCCc1ccc(NC(=O)CSc2nc3scc(-c4ccccc4)c3c(=O)[nH]2)cc1. The van der Waals surface area contributed by atoms with Gasteiger partial charge in [-0.3, -0.25) is 9.59 Å². The van der Waals surface area contributed by atoms with E-state index in [0.717, 1.165) is 36.1 Å². The van der Waals surface area contributed by atoms with Gasteiger partial charge in [0.1, 0.15) is 4.83 Å². The van der Waals surface area contributed by atoms with E-state index in [-0.39, 0.29) is 17.2 Å². The van der Waals surface area contributed by atoms with Gasteiger partial charge in [-0.1, -0.05) is 67.6 Å². The third kappa shape index (κ3) is 5.24. The molecule has 0 atom stereocenters. The van der Waals surface area contributed by atoms with Gasteiger partial charge in [0.05, 0.1) is 11.1 Å². The number of aromatic nitrogens is 2. The molecule has 2 N–H and O–H groups in total. The third-order valence-corrected chi connectivity index (χ3v) is 6.65. The Morgan fingerprint density at radius 2 is 1.90 bits per heavy atom. The van der Waals surface area contributed by atoms with Gasteiger partial charge >= 0.3 is 0 Å². The number of H-pyrrole nitrogens is 1. The Morgan fingerprint density at radius 1 is 1.13 bits per heavy atom. The van der Waals surface area contributed by atoms with Gasteiger partial charge in [-0.25, -0.2) is 4.98 Å². The molecule has 0 unspecified atom stereocenters. The van der Waals surface area contributed by atoms with Gasteiger partial charge in [0.2, 0.25) is 5.91 Å². The van der Waals surface area contributed by atoms with Crippen molar-refractivity contribution in [3.8, 4) is 11.1 Å². The second-order valence-corrected chi connectivity index (χ2v) is 9.03. The van der Waals surface area contributed by atoms with Gasteiger partial charge in [-0.2, -0.15) is 0 Å². The monoisotopic (exact) mass is 449 g/mol. The Balaban J connectivity index is 1.41. The fraction of sp³-hybridized carbons (Fsp3) is 0.208. The minimum absolute atomic E-state index is 0.134. The highest BCUT2D eigenvalue weighted by atomic mass is 32.2. The number of aryl methyl sites for hydroxylation is 1. The lowest BCUT2D eigenvalue weighted by atomic mass is 10.1. The van der Waals surface area contributed by atoms with Crippen molar-refractivity contribution in [1.82, 2.24) is 9.97 Å². The van der Waals surface area contributed by atoms with Crippen LogP contribution in [0.4, 0.5) is 5.69 Å². The lowest BCUT2D eigenvalue weighted by Crippen LogP contribution is -2.15. The molecule has 0 spiro atoms. The van der Waals surface area contributed by atoms with Crippen molar-refractivity contribution in [1.29, 1.82) is 0 Å². The molecule has 158 valence electrons. The molecule has 5 nitrogen and oxygen atoms in total. The molecular formula is C24H23N3O2S2. The lowest BCUT2D eigenvalue weighted by Gasteiger charge is -2.06. The molecule has 0 saturated carbocycles. The maximum atomic E-state index is 12.7. The molecule has 4 aromatic rings. The third-order valence-electron chi connectivity index (χ3n) is 4.90. The number of hydrogen-bond acceptors (Lipinski definition) is 5. The number of carbonyl (C=O) groups excluding carboxylic acids is 1. The predicted octanol–water partition coefficient (Wildman–Crippen LogP) is 5.73. The molecule has 1 amide bonds. The van der Waals surface area contributed by atoms with E-state index in [1.54, 1.807) is 0 Å². The Bertz CT molecular complexity index is 1230. The van der Waals surface area contributed by atoms with Gasteiger partial charge in [-0.05, 0) is 36.1 Å². The summed E-state index contributed by atoms with van der Waals surface area (Å²) in [7, 11) is 0. The molecule has 0 fully saturated rings. The normalized spacial score (nSPS) is 11.0. The topological polar surface area (TPSA) is 74.8 Å². The molecule has 0 aliphatic carbocycles. The van der Waals surface area contributed by atoms with Gasteiger partial charge in [0.15, 0.2) is 5.16 Å². The minimum Gasteiger partial charge on any atom is -0.325 e. The first kappa shape index (κ1) is 21.3. The fourth-order valence-corrected chi connectivity index (χ4v) is 4.96. The zero-order valence-electron chi connectivity index (χ0n) is 17.2. The molecule has 7 heteroatoms. The van der Waals surface area contributed by atoms with Crippen LogP contribution in [0.5, 0.6) is 0 Å². The molecule has 2 heterocycles. The molecule has 0 saturated heterocycles. The Morgan fingerprint density at radius 3 is 2.65 bits per heavy atom. The Labute approximate surface area is 188 Å². The summed E-state index contributed by atoms with van der Waals surface area (Å²) in [5.74, 6) is 0.0355. The average Bonchev–Trinajstić information content (AvgIpc) is 3.22. The summed E-state index contributed by atoms with van der Waals surface area (Å²) in [4.78, 5) is 33.1. The number of fused-ring (bicyclic) bond motifs is 1. The van der Waals surface area contributed by atoms with E-state index < -0.39 is 0 Å². The number of hydrogen-bond donors (Lipinski definition) is 2. The number of thiophene rings is 1. The summed E-state index contributed by atoms with van der Waals surface area (Å²) in [6.07, 6.45) is 3.38. The first-order valence-electron chi connectivity index (χ1n) is 10.2. The van der Waals surface area contributed by atoms with Crippen LogP contribution in [0.25, 0.3) is 21.3 Å². The highest BCUT2D eigenvalue weighted by Crippen LogP contribution is 2.31. The van der Waals surface area contributed by atoms with Crippen molar-refractivity contribution in [2.45, 2.75) is 31.3 Å². The molecular weight excluding hydrogens is 426 g/mol. The van der Waals surface area contributed by atoms with Crippen LogP contribution in [0.15, 0.2) is 69.9 Å². The highest BCUT2D eigenvalue weighted by molar-refractivity contribution is 7.99. The highest BCUT2D eigenvalue weighted by Gasteiger charge is 2.14. The first-order valence-corrected chi connectivity index (χ1v) is 12.1. The second kappa shape index (κ2) is 9.94. The van der Waals surface area contributed by atoms with Crippen molar-refractivity contribution in [2.75, 3.05) is 11.1 Å². The Hall–Kier alpha value is -2.90. The van der Waals surface area contributed by atoms with Crippen molar-refractivity contribution >= 4 is 44.9 Å². The van der Waals surface area contributed by atoms with Crippen LogP contribution >= 0.6 is 23.1 Å². The van der Waals surface area contributed by atoms with Crippen LogP contribution in [0, 0.1) is 0 Å². The number of carbonyl (C=O) groups is 1. The van der Waals surface area contributed by atoms with E-state index >= 15 is 0 Å². The van der Waals surface area contributed by atoms with Gasteiger partial charge in [0, 0.05) is 16.6 Å².